The summed E-state index contributed by atoms with van der Waals surface area (Å²) in [6.45, 7) is 0. The van der Waals surface area contributed by atoms with Gasteiger partial charge in [-0.05, 0) is 0 Å². The minimum absolute atomic E-state index is 0.152. The molecule has 0 atom stereocenters. The number of hydrogen-bond acceptors (Lipinski definition) is 3. The second-order valence-electron chi connectivity index (χ2n) is 3.00. The minimum Gasteiger partial charge on any atom is -0.403 e. The quantitative estimate of drug-likeness (QED) is 0.484. The molecule has 1 aromatic heterocycles. The number of carbonyl (C=O) groups excluding carboxylic acids is 1. The molecule has 0 N–H and O–H groups in total. The summed E-state index contributed by atoms with van der Waals surface area (Å²) in [5, 5.41) is 0. The van der Waals surface area contributed by atoms with E-state index in [4.69, 9.17) is 11.6 Å². The van der Waals surface area contributed by atoms with Crippen molar-refractivity contribution in [3.63, 3.8) is 0 Å². The highest BCUT2D eigenvalue weighted by Crippen LogP contribution is 2.33. The largest absolute Gasteiger partial charge is 0.573 e. The number of nitrogens with zero attached hydrogens (tertiary/aromatic N) is 1. The first-order valence-electron chi connectivity index (χ1n) is 4.37. The molecule has 3 nitrogen and oxygen atoms in total. The monoisotopic (exact) mass is 289 g/mol. The van der Waals surface area contributed by atoms with E-state index in [-0.39, 0.29) is 12.0 Å². The first-order valence-corrected chi connectivity index (χ1v) is 4.90. The molecule has 100 valence electrons. The van der Waals surface area contributed by atoms with Gasteiger partial charge in [-0.1, -0.05) is 0 Å². The van der Waals surface area contributed by atoms with E-state index in [2.05, 4.69) is 9.72 Å². The van der Waals surface area contributed by atoms with Gasteiger partial charge in [0.05, 0.1) is 28.9 Å². The van der Waals surface area contributed by atoms with Gasteiger partial charge >= 0.3 is 6.36 Å². The summed E-state index contributed by atoms with van der Waals surface area (Å²) in [5.41, 5.74) is -2.24. The summed E-state index contributed by atoms with van der Waals surface area (Å²) in [6, 6.07) is 0. The number of carbonyl (C=O) groups is 1. The van der Waals surface area contributed by atoms with E-state index in [0.717, 1.165) is 0 Å². The molecule has 1 rings (SSSR count). The molecule has 18 heavy (non-hydrogen) atoms. The maximum absolute atomic E-state index is 12.7. The second-order valence-corrected chi connectivity index (χ2v) is 3.26. The number of rotatable bonds is 4. The smallest absolute Gasteiger partial charge is 0.403 e. The summed E-state index contributed by atoms with van der Waals surface area (Å²) in [5.74, 6) is -1.55. The highest BCUT2D eigenvalue weighted by molar-refractivity contribution is 6.17. The predicted molar refractivity (Wildman–Crippen MR) is 50.8 cm³/mol. The Hall–Kier alpha value is -1.44. The Labute approximate surface area is 103 Å². The molecule has 0 unspecified atom stereocenters. The fraction of sp³-hybridized carbons (Fsp3) is 0.333. The van der Waals surface area contributed by atoms with Crippen molar-refractivity contribution >= 4 is 17.9 Å². The predicted octanol–water partition coefficient (Wildman–Crippen LogP) is 3.47. The molecule has 0 saturated carbocycles. The Morgan fingerprint density at radius 1 is 1.44 bits per heavy atom. The van der Waals surface area contributed by atoms with Crippen molar-refractivity contribution in [1.82, 2.24) is 4.98 Å². The number of alkyl halides is 6. The first kappa shape index (κ1) is 14.6. The molecule has 0 radical (unpaired) electrons. The highest BCUT2D eigenvalue weighted by atomic mass is 35.5. The van der Waals surface area contributed by atoms with Crippen LogP contribution in [0, 0.1) is 0 Å². The molecule has 0 aromatic carbocycles. The average molecular weight is 290 g/mol. The fourth-order valence-electron chi connectivity index (χ4n) is 1.24. The zero-order valence-corrected chi connectivity index (χ0v) is 9.23. The molecule has 0 aliphatic carbocycles. The normalized spacial score (nSPS) is 11.7. The Kier molecular flexibility index (Phi) is 4.44. The van der Waals surface area contributed by atoms with Gasteiger partial charge in [0.25, 0.3) is 6.43 Å². The van der Waals surface area contributed by atoms with Crippen LogP contribution < -0.4 is 4.74 Å². The fourth-order valence-corrected chi connectivity index (χ4v) is 1.45. The van der Waals surface area contributed by atoms with E-state index in [1.807, 2.05) is 0 Å². The van der Waals surface area contributed by atoms with Gasteiger partial charge in [-0.15, -0.1) is 24.8 Å². The number of aromatic nitrogens is 1. The Morgan fingerprint density at radius 3 is 2.44 bits per heavy atom. The zero-order chi connectivity index (χ0) is 13.9. The van der Waals surface area contributed by atoms with Crippen LogP contribution in [-0.4, -0.2) is 17.6 Å². The lowest BCUT2D eigenvalue weighted by Gasteiger charge is -2.14. The summed E-state index contributed by atoms with van der Waals surface area (Å²) < 4.78 is 64.8. The Morgan fingerprint density at radius 2 is 2.06 bits per heavy atom. The van der Waals surface area contributed by atoms with Gasteiger partial charge in [0.1, 0.15) is 0 Å². The van der Waals surface area contributed by atoms with Gasteiger partial charge in [-0.25, -0.2) is 8.78 Å². The van der Waals surface area contributed by atoms with E-state index < -0.39 is 35.5 Å². The minimum atomic E-state index is -5.11. The number of hydrogen-bond donors (Lipinski definition) is 0. The van der Waals surface area contributed by atoms with E-state index in [0.29, 0.717) is 6.20 Å². The Bertz CT molecular complexity index is 449. The van der Waals surface area contributed by atoms with Gasteiger partial charge in [0.2, 0.25) is 0 Å². The molecular weight excluding hydrogens is 285 g/mol. The lowest BCUT2D eigenvalue weighted by atomic mass is 10.1. The molecule has 0 aliphatic rings. The maximum atomic E-state index is 12.7. The van der Waals surface area contributed by atoms with Crippen LogP contribution in [0.2, 0.25) is 0 Å². The van der Waals surface area contributed by atoms with Crippen LogP contribution in [0.1, 0.15) is 28.0 Å². The average Bonchev–Trinajstić information content (AvgIpc) is 2.26. The molecular formula is C9H5ClF5NO2. The van der Waals surface area contributed by atoms with Gasteiger partial charge in [0, 0.05) is 0 Å². The summed E-state index contributed by atoms with van der Waals surface area (Å²) >= 11 is 5.32. The van der Waals surface area contributed by atoms with Crippen LogP contribution in [0.5, 0.6) is 5.75 Å². The number of halogens is 6. The van der Waals surface area contributed by atoms with E-state index in [9.17, 15) is 26.7 Å². The van der Waals surface area contributed by atoms with Crippen molar-refractivity contribution in [2.45, 2.75) is 18.7 Å². The van der Waals surface area contributed by atoms with Crippen molar-refractivity contribution in [3.05, 3.63) is 23.0 Å². The van der Waals surface area contributed by atoms with Crippen LogP contribution in [0.25, 0.3) is 0 Å². The van der Waals surface area contributed by atoms with Crippen molar-refractivity contribution in [1.29, 1.82) is 0 Å². The van der Waals surface area contributed by atoms with Crippen LogP contribution >= 0.6 is 11.6 Å². The third-order valence-corrected chi connectivity index (χ3v) is 2.15. The van der Waals surface area contributed by atoms with Gasteiger partial charge in [-0.3, -0.25) is 9.78 Å². The number of aldehydes is 1. The van der Waals surface area contributed by atoms with Gasteiger partial charge < -0.3 is 4.74 Å². The van der Waals surface area contributed by atoms with E-state index >= 15 is 0 Å². The van der Waals surface area contributed by atoms with Crippen LogP contribution in [0.4, 0.5) is 22.0 Å². The molecule has 1 heterocycles. The molecule has 0 saturated heterocycles. The molecule has 0 amide bonds. The Balaban J connectivity index is 3.38. The second kappa shape index (κ2) is 5.47. The molecule has 9 heteroatoms. The van der Waals surface area contributed by atoms with Gasteiger partial charge in [0.15, 0.2) is 12.0 Å². The molecule has 0 bridgehead atoms. The third-order valence-electron chi connectivity index (χ3n) is 1.89. The van der Waals surface area contributed by atoms with Crippen LogP contribution in [0.3, 0.4) is 0 Å². The molecule has 1 aromatic rings. The third kappa shape index (κ3) is 3.28. The van der Waals surface area contributed by atoms with Crippen molar-refractivity contribution < 1.29 is 31.5 Å². The summed E-state index contributed by atoms with van der Waals surface area (Å²) in [4.78, 5) is 14.0. The van der Waals surface area contributed by atoms with Crippen molar-refractivity contribution in [2.75, 3.05) is 0 Å². The molecule has 0 spiro atoms. The first-order chi connectivity index (χ1) is 8.30. The topological polar surface area (TPSA) is 39.2 Å². The van der Waals surface area contributed by atoms with Crippen LogP contribution in [0.15, 0.2) is 6.20 Å². The standard InChI is InChI=1S/C9H5ClF5NO2/c10-1-5-7(8(11)12)4(3-17)6(2-16-5)18-9(13,14)15/h2-3,8H,1H2. The van der Waals surface area contributed by atoms with Crippen LogP contribution in [-0.2, 0) is 5.88 Å². The summed E-state index contributed by atoms with van der Waals surface area (Å²) in [7, 11) is 0. The number of pyridine rings is 1. The highest BCUT2D eigenvalue weighted by Gasteiger charge is 2.34. The van der Waals surface area contributed by atoms with Gasteiger partial charge in [-0.2, -0.15) is 0 Å². The van der Waals surface area contributed by atoms with Crippen molar-refractivity contribution in [3.8, 4) is 5.75 Å². The lowest BCUT2D eigenvalue weighted by Crippen LogP contribution is -2.19. The summed E-state index contributed by atoms with van der Waals surface area (Å²) in [6.07, 6.45) is -7.93. The van der Waals surface area contributed by atoms with E-state index in [1.165, 1.54) is 0 Å². The maximum Gasteiger partial charge on any atom is 0.573 e. The zero-order valence-electron chi connectivity index (χ0n) is 8.47. The molecule has 0 aliphatic heterocycles. The SMILES string of the molecule is O=Cc1c(OC(F)(F)F)cnc(CCl)c1C(F)F. The molecule has 0 fully saturated rings. The number of ether oxygens (including phenoxy) is 1. The van der Waals surface area contributed by atoms with E-state index in [1.54, 1.807) is 0 Å². The lowest BCUT2D eigenvalue weighted by molar-refractivity contribution is -0.274. The van der Waals surface area contributed by atoms with Crippen molar-refractivity contribution in [2.24, 2.45) is 0 Å².